The molecular weight excluding hydrogens is 290 g/mol. The molecule has 1 aliphatic heterocycles. The molecule has 0 radical (unpaired) electrons. The second-order valence-corrected chi connectivity index (χ2v) is 4.55. The zero-order valence-corrected chi connectivity index (χ0v) is 11.4. The van der Waals surface area contributed by atoms with Gasteiger partial charge in [0.2, 0.25) is 17.7 Å². The number of likely N-dealkylation sites (tertiary alicyclic amines) is 1. The van der Waals surface area contributed by atoms with Crippen molar-refractivity contribution < 1.29 is 18.8 Å². The highest BCUT2D eigenvalue weighted by Crippen LogP contribution is 2.17. The van der Waals surface area contributed by atoms with Gasteiger partial charge in [-0.05, 0) is 12.1 Å². The Labute approximate surface area is 124 Å². The van der Waals surface area contributed by atoms with E-state index in [9.17, 15) is 14.4 Å². The summed E-state index contributed by atoms with van der Waals surface area (Å²) in [5.41, 5.74) is 0.473. The molecule has 3 rings (SSSR count). The Hall–Kier alpha value is -3.10. The molecule has 0 aliphatic carbocycles. The summed E-state index contributed by atoms with van der Waals surface area (Å²) in [4.78, 5) is 39.6. The lowest BCUT2D eigenvalue weighted by atomic mass is 10.3. The second kappa shape index (κ2) is 5.72. The molecule has 9 nitrogen and oxygen atoms in total. The lowest BCUT2D eigenvalue weighted by Gasteiger charge is -2.11. The Bertz CT molecular complexity index is 711. The van der Waals surface area contributed by atoms with Gasteiger partial charge < -0.3 is 4.42 Å². The molecule has 0 atom stereocenters. The topological polar surface area (TPSA) is 118 Å². The lowest BCUT2D eigenvalue weighted by Crippen LogP contribution is -2.36. The molecule has 1 fully saturated rings. The number of hydrogen-bond acceptors (Lipinski definition) is 7. The van der Waals surface area contributed by atoms with Gasteiger partial charge in [-0.3, -0.25) is 29.6 Å². The molecule has 1 aliphatic rings. The van der Waals surface area contributed by atoms with Gasteiger partial charge in [-0.1, -0.05) is 11.2 Å². The predicted molar refractivity (Wildman–Crippen MR) is 72.1 cm³/mol. The minimum atomic E-state index is -0.583. The summed E-state index contributed by atoms with van der Waals surface area (Å²) in [6.07, 6.45) is 1.84. The molecule has 3 heterocycles. The van der Waals surface area contributed by atoms with Crippen molar-refractivity contribution in [1.29, 1.82) is 0 Å². The maximum Gasteiger partial charge on any atom is 0.322 e. The second-order valence-electron chi connectivity index (χ2n) is 4.55. The minimum Gasteiger partial charge on any atom is -0.401 e. The monoisotopic (exact) mass is 301 g/mol. The third kappa shape index (κ3) is 2.82. The molecule has 0 saturated carbocycles. The Balaban J connectivity index is 1.64. The van der Waals surface area contributed by atoms with Gasteiger partial charge in [0.1, 0.15) is 12.2 Å². The van der Waals surface area contributed by atoms with Crippen molar-refractivity contribution in [2.45, 2.75) is 12.8 Å². The normalized spacial score (nSPS) is 14.5. The highest BCUT2D eigenvalue weighted by atomic mass is 16.4. The largest absolute Gasteiger partial charge is 0.401 e. The van der Waals surface area contributed by atoms with E-state index in [2.05, 4.69) is 20.5 Å². The van der Waals surface area contributed by atoms with Gasteiger partial charge in [0.05, 0.1) is 0 Å². The molecule has 0 unspecified atom stereocenters. The molecule has 0 spiro atoms. The van der Waals surface area contributed by atoms with Crippen LogP contribution in [0.4, 0.5) is 6.01 Å². The first-order valence-electron chi connectivity index (χ1n) is 6.51. The first kappa shape index (κ1) is 13.9. The van der Waals surface area contributed by atoms with E-state index in [1.807, 2.05) is 0 Å². The van der Waals surface area contributed by atoms with E-state index in [1.165, 1.54) is 0 Å². The number of aromatic nitrogens is 3. The van der Waals surface area contributed by atoms with Crippen molar-refractivity contribution in [3.63, 3.8) is 0 Å². The van der Waals surface area contributed by atoms with Crippen LogP contribution in [0.3, 0.4) is 0 Å². The van der Waals surface area contributed by atoms with Crippen LogP contribution in [0.15, 0.2) is 28.8 Å². The third-order valence-corrected chi connectivity index (χ3v) is 3.01. The van der Waals surface area contributed by atoms with Crippen LogP contribution in [0.25, 0.3) is 11.6 Å². The van der Waals surface area contributed by atoms with Crippen LogP contribution < -0.4 is 5.32 Å². The van der Waals surface area contributed by atoms with Crippen molar-refractivity contribution in [1.82, 2.24) is 20.1 Å². The van der Waals surface area contributed by atoms with Gasteiger partial charge in [-0.15, -0.1) is 5.10 Å². The number of nitrogens with one attached hydrogen (secondary N) is 1. The Morgan fingerprint density at radius 3 is 2.68 bits per heavy atom. The number of amides is 3. The molecule has 2 aromatic heterocycles. The van der Waals surface area contributed by atoms with E-state index in [0.717, 1.165) is 4.90 Å². The molecule has 9 heteroatoms. The van der Waals surface area contributed by atoms with Crippen LogP contribution >= 0.6 is 0 Å². The fourth-order valence-corrected chi connectivity index (χ4v) is 1.97. The first-order valence-corrected chi connectivity index (χ1v) is 6.51. The van der Waals surface area contributed by atoms with Gasteiger partial charge in [0, 0.05) is 19.0 Å². The van der Waals surface area contributed by atoms with E-state index in [-0.39, 0.29) is 43.1 Å². The molecule has 2 aromatic rings. The maximum absolute atomic E-state index is 11.8. The zero-order chi connectivity index (χ0) is 15.5. The standard InChI is InChI=1S/C13H11N5O4/c19-9(7-18-10(20)4-5-11(18)21)15-13-17-16-12(22-13)8-3-1-2-6-14-8/h1-3,6H,4-5,7H2,(H,15,17,19). The van der Waals surface area contributed by atoms with Crippen LogP contribution in [-0.4, -0.2) is 44.3 Å². The van der Waals surface area contributed by atoms with Gasteiger partial charge in [-0.2, -0.15) is 0 Å². The lowest BCUT2D eigenvalue weighted by molar-refractivity contribution is -0.141. The number of hydrogen-bond donors (Lipinski definition) is 1. The maximum atomic E-state index is 11.8. The van der Waals surface area contributed by atoms with Crippen LogP contribution in [0.1, 0.15) is 12.8 Å². The number of pyridine rings is 1. The average molecular weight is 301 g/mol. The highest BCUT2D eigenvalue weighted by Gasteiger charge is 2.30. The van der Waals surface area contributed by atoms with Crippen LogP contribution in [0, 0.1) is 0 Å². The summed E-state index contributed by atoms with van der Waals surface area (Å²) < 4.78 is 5.25. The smallest absolute Gasteiger partial charge is 0.322 e. The van der Waals surface area contributed by atoms with Gasteiger partial charge in [-0.25, -0.2) is 0 Å². The van der Waals surface area contributed by atoms with Crippen molar-refractivity contribution in [2.24, 2.45) is 0 Å². The van der Waals surface area contributed by atoms with E-state index in [4.69, 9.17) is 4.42 Å². The number of rotatable bonds is 4. The van der Waals surface area contributed by atoms with Crippen molar-refractivity contribution in [3.8, 4) is 11.6 Å². The molecule has 112 valence electrons. The van der Waals surface area contributed by atoms with E-state index in [1.54, 1.807) is 24.4 Å². The summed E-state index contributed by atoms with van der Waals surface area (Å²) in [6.45, 7) is -0.362. The summed E-state index contributed by atoms with van der Waals surface area (Å²) in [6, 6.07) is 5.06. The third-order valence-electron chi connectivity index (χ3n) is 3.01. The van der Waals surface area contributed by atoms with Crippen molar-refractivity contribution in [3.05, 3.63) is 24.4 Å². The SMILES string of the molecule is O=C(CN1C(=O)CCC1=O)Nc1nnc(-c2ccccn2)o1. The molecule has 0 bridgehead atoms. The Kier molecular flexibility index (Phi) is 3.60. The molecule has 1 N–H and O–H groups in total. The quantitative estimate of drug-likeness (QED) is 0.802. The Morgan fingerprint density at radius 2 is 2.00 bits per heavy atom. The highest BCUT2D eigenvalue weighted by molar-refractivity contribution is 6.05. The van der Waals surface area contributed by atoms with E-state index < -0.39 is 5.91 Å². The van der Waals surface area contributed by atoms with Crippen LogP contribution in [-0.2, 0) is 14.4 Å². The number of anilines is 1. The van der Waals surface area contributed by atoms with E-state index in [0.29, 0.717) is 5.69 Å². The summed E-state index contributed by atoms with van der Waals surface area (Å²) in [5, 5.41) is 9.77. The fraction of sp³-hybridized carbons (Fsp3) is 0.231. The molecule has 3 amide bonds. The van der Waals surface area contributed by atoms with Gasteiger partial charge >= 0.3 is 6.01 Å². The van der Waals surface area contributed by atoms with Gasteiger partial charge in [0.15, 0.2) is 0 Å². The minimum absolute atomic E-state index is 0.121. The average Bonchev–Trinajstić information content (AvgIpc) is 3.10. The summed E-state index contributed by atoms with van der Waals surface area (Å²) >= 11 is 0. The number of imide groups is 1. The van der Waals surface area contributed by atoms with Gasteiger partial charge in [0.25, 0.3) is 5.89 Å². The molecule has 1 saturated heterocycles. The summed E-state index contributed by atoms with van der Waals surface area (Å²) in [5.74, 6) is -1.15. The van der Waals surface area contributed by atoms with Crippen LogP contribution in [0.5, 0.6) is 0 Å². The number of nitrogens with zero attached hydrogens (tertiary/aromatic N) is 4. The number of carbonyl (C=O) groups is 3. The molecule has 0 aromatic carbocycles. The zero-order valence-electron chi connectivity index (χ0n) is 11.4. The van der Waals surface area contributed by atoms with Crippen molar-refractivity contribution in [2.75, 3.05) is 11.9 Å². The van der Waals surface area contributed by atoms with Crippen LogP contribution in [0.2, 0.25) is 0 Å². The van der Waals surface area contributed by atoms with Crippen molar-refractivity contribution >= 4 is 23.7 Å². The number of carbonyl (C=O) groups excluding carboxylic acids is 3. The predicted octanol–water partition coefficient (Wildman–Crippen LogP) is 0.219. The fourth-order valence-electron chi connectivity index (χ4n) is 1.97. The molecule has 22 heavy (non-hydrogen) atoms. The first-order chi connectivity index (χ1) is 10.6. The van der Waals surface area contributed by atoms with E-state index >= 15 is 0 Å². The molecular formula is C13H11N5O4. The Morgan fingerprint density at radius 1 is 1.23 bits per heavy atom. The summed E-state index contributed by atoms with van der Waals surface area (Å²) in [7, 11) is 0.